The van der Waals surface area contributed by atoms with Gasteiger partial charge in [-0.15, -0.1) is 0 Å². The van der Waals surface area contributed by atoms with E-state index in [1.807, 2.05) is 36.6 Å². The zero-order chi connectivity index (χ0) is 20.0. The summed E-state index contributed by atoms with van der Waals surface area (Å²) in [4.78, 5) is 26.2. The third kappa shape index (κ3) is 2.99. The molecule has 8 heteroatoms. The number of hydrogen-bond donors (Lipinski definition) is 2. The first-order chi connectivity index (χ1) is 13.4. The third-order valence-electron chi connectivity index (χ3n) is 5.31. The molecule has 8 nitrogen and oxygen atoms in total. The fourth-order valence-electron chi connectivity index (χ4n) is 4.01. The smallest absolute Gasteiger partial charge is 0.256 e. The molecule has 0 aliphatic carbocycles. The van der Waals surface area contributed by atoms with E-state index < -0.39 is 18.1 Å². The molecule has 0 radical (unpaired) electrons. The van der Waals surface area contributed by atoms with E-state index in [1.165, 1.54) is 4.90 Å². The lowest BCUT2D eigenvalue weighted by molar-refractivity contribution is -0.121. The Bertz CT molecular complexity index is 952. The molecule has 3 heterocycles. The molecule has 2 aromatic rings. The predicted octanol–water partition coefficient (Wildman–Crippen LogP) is 0.926. The van der Waals surface area contributed by atoms with E-state index in [9.17, 15) is 14.7 Å². The van der Waals surface area contributed by atoms with Crippen LogP contribution in [0.15, 0.2) is 24.3 Å². The summed E-state index contributed by atoms with van der Waals surface area (Å²) in [5.74, 6) is 0.451. The summed E-state index contributed by atoms with van der Waals surface area (Å²) in [5.41, 5.74) is 8.36. The molecule has 0 bridgehead atoms. The van der Waals surface area contributed by atoms with Crippen molar-refractivity contribution in [2.24, 2.45) is 5.73 Å². The molecular weight excluding hydrogens is 362 g/mol. The molecule has 4 rings (SSSR count). The van der Waals surface area contributed by atoms with Gasteiger partial charge >= 0.3 is 0 Å². The maximum absolute atomic E-state index is 13.1. The summed E-state index contributed by atoms with van der Waals surface area (Å²) in [7, 11) is 0. The fourth-order valence-corrected chi connectivity index (χ4v) is 4.01. The van der Waals surface area contributed by atoms with Gasteiger partial charge in [-0.1, -0.05) is 0 Å². The second-order valence-electron chi connectivity index (χ2n) is 7.21. The van der Waals surface area contributed by atoms with E-state index >= 15 is 0 Å². The van der Waals surface area contributed by atoms with Gasteiger partial charge in [0, 0.05) is 36.1 Å². The van der Waals surface area contributed by atoms with Crippen LogP contribution in [0.4, 0.5) is 0 Å². The second-order valence-corrected chi connectivity index (χ2v) is 7.21. The maximum Gasteiger partial charge on any atom is 0.256 e. The van der Waals surface area contributed by atoms with Crippen molar-refractivity contribution in [1.82, 2.24) is 9.47 Å². The van der Waals surface area contributed by atoms with Crippen LogP contribution in [0.25, 0.3) is 5.69 Å². The first-order valence-electron chi connectivity index (χ1n) is 9.24. The molecule has 0 saturated carbocycles. The van der Waals surface area contributed by atoms with Gasteiger partial charge in [-0.3, -0.25) is 9.59 Å². The van der Waals surface area contributed by atoms with E-state index in [4.69, 9.17) is 15.2 Å². The molecule has 1 fully saturated rings. The number of fused-ring (bicyclic) bond motifs is 1. The SMILES string of the molecule is Cc1cc(C(=O)N2C[C@H](O)C[C@H]2C(N)=O)c(C)n1-c1ccc2c(c1)OCCO2. The number of carbonyl (C=O) groups excluding carboxylic acids is 2. The zero-order valence-corrected chi connectivity index (χ0v) is 15.8. The number of likely N-dealkylation sites (tertiary alicyclic amines) is 1. The van der Waals surface area contributed by atoms with Crippen LogP contribution in [0.1, 0.15) is 28.2 Å². The highest BCUT2D eigenvalue weighted by atomic mass is 16.6. The van der Waals surface area contributed by atoms with Crippen molar-refractivity contribution in [1.29, 1.82) is 0 Å². The van der Waals surface area contributed by atoms with Crippen molar-refractivity contribution < 1.29 is 24.2 Å². The van der Waals surface area contributed by atoms with E-state index in [2.05, 4.69) is 0 Å². The summed E-state index contributed by atoms with van der Waals surface area (Å²) in [6.07, 6.45) is -0.579. The lowest BCUT2D eigenvalue weighted by atomic mass is 10.1. The first-order valence-corrected chi connectivity index (χ1v) is 9.24. The maximum atomic E-state index is 13.1. The number of ether oxygens (including phenoxy) is 2. The Morgan fingerprint density at radius 1 is 1.14 bits per heavy atom. The van der Waals surface area contributed by atoms with Crippen LogP contribution in [0.5, 0.6) is 11.5 Å². The van der Waals surface area contributed by atoms with Crippen LogP contribution < -0.4 is 15.2 Å². The monoisotopic (exact) mass is 385 g/mol. The average Bonchev–Trinajstić information content (AvgIpc) is 3.20. The van der Waals surface area contributed by atoms with Gasteiger partial charge in [0.1, 0.15) is 19.3 Å². The first kappa shape index (κ1) is 18.4. The Hall–Kier alpha value is -3.00. The third-order valence-corrected chi connectivity index (χ3v) is 5.31. The minimum absolute atomic E-state index is 0.0974. The van der Waals surface area contributed by atoms with Gasteiger partial charge in [-0.2, -0.15) is 0 Å². The van der Waals surface area contributed by atoms with Crippen LogP contribution in [-0.4, -0.2) is 58.3 Å². The predicted molar refractivity (Wildman–Crippen MR) is 101 cm³/mol. The molecule has 2 aliphatic heterocycles. The van der Waals surface area contributed by atoms with Crippen LogP contribution >= 0.6 is 0 Å². The number of nitrogens with zero attached hydrogens (tertiary/aromatic N) is 2. The number of benzene rings is 1. The van der Waals surface area contributed by atoms with Crippen molar-refractivity contribution in [2.75, 3.05) is 19.8 Å². The number of aryl methyl sites for hydroxylation is 1. The number of hydrogen-bond acceptors (Lipinski definition) is 5. The van der Waals surface area contributed by atoms with Gasteiger partial charge in [0.2, 0.25) is 5.91 Å². The molecule has 0 spiro atoms. The minimum Gasteiger partial charge on any atom is -0.486 e. The van der Waals surface area contributed by atoms with Crippen molar-refractivity contribution in [2.45, 2.75) is 32.4 Å². The summed E-state index contributed by atoms with van der Waals surface area (Å²) in [6.45, 7) is 4.87. The summed E-state index contributed by atoms with van der Waals surface area (Å²) < 4.78 is 13.2. The quantitative estimate of drug-likeness (QED) is 0.817. The number of β-amino-alcohol motifs (C(OH)–C–C–N with tert-alkyl or cyclic N) is 1. The van der Waals surface area contributed by atoms with E-state index in [1.54, 1.807) is 6.07 Å². The molecule has 28 heavy (non-hydrogen) atoms. The molecule has 2 aliphatic rings. The van der Waals surface area contributed by atoms with Crippen molar-refractivity contribution in [3.8, 4) is 17.2 Å². The van der Waals surface area contributed by atoms with Gasteiger partial charge in [-0.05, 0) is 32.0 Å². The Labute approximate surface area is 162 Å². The van der Waals surface area contributed by atoms with Gasteiger partial charge in [-0.25, -0.2) is 0 Å². The van der Waals surface area contributed by atoms with Gasteiger partial charge in [0.25, 0.3) is 5.91 Å². The molecule has 1 saturated heterocycles. The molecular formula is C20H23N3O5. The summed E-state index contributed by atoms with van der Waals surface area (Å²) >= 11 is 0. The molecule has 148 valence electrons. The van der Waals surface area contributed by atoms with Gasteiger partial charge < -0.3 is 29.8 Å². The lowest BCUT2D eigenvalue weighted by Crippen LogP contribution is -2.43. The lowest BCUT2D eigenvalue weighted by Gasteiger charge is -2.22. The number of aliphatic hydroxyl groups excluding tert-OH is 1. The molecule has 0 unspecified atom stereocenters. The molecule has 2 amide bonds. The number of carbonyl (C=O) groups is 2. The van der Waals surface area contributed by atoms with Crippen LogP contribution in [-0.2, 0) is 4.79 Å². The molecule has 3 N–H and O–H groups in total. The molecule has 2 atom stereocenters. The Kier molecular flexibility index (Phi) is 4.50. The number of aromatic nitrogens is 1. The Morgan fingerprint density at radius 2 is 1.86 bits per heavy atom. The second kappa shape index (κ2) is 6.87. The fraction of sp³-hybridized carbons (Fsp3) is 0.400. The summed E-state index contributed by atoms with van der Waals surface area (Å²) in [5, 5.41) is 9.90. The van der Waals surface area contributed by atoms with Crippen molar-refractivity contribution in [3.05, 3.63) is 41.2 Å². The molecule has 1 aromatic heterocycles. The highest BCUT2D eigenvalue weighted by molar-refractivity contribution is 5.99. The largest absolute Gasteiger partial charge is 0.486 e. The van der Waals surface area contributed by atoms with Crippen molar-refractivity contribution in [3.63, 3.8) is 0 Å². The van der Waals surface area contributed by atoms with Crippen LogP contribution in [0.3, 0.4) is 0 Å². The normalized spacial score (nSPS) is 21.0. The highest BCUT2D eigenvalue weighted by Gasteiger charge is 2.39. The Balaban J connectivity index is 1.70. The Morgan fingerprint density at radius 3 is 2.57 bits per heavy atom. The standard InChI is InChI=1S/C20H23N3O5/c1-11-7-15(20(26)22-10-14(24)9-16(22)19(21)25)12(2)23(11)13-3-4-17-18(8-13)28-6-5-27-17/h3-4,7-8,14,16,24H,5-6,9-10H2,1-2H3,(H2,21,25)/t14-,16+/m1/s1. The summed E-state index contributed by atoms with van der Waals surface area (Å²) in [6, 6.07) is 6.64. The highest BCUT2D eigenvalue weighted by Crippen LogP contribution is 2.34. The topological polar surface area (TPSA) is 107 Å². The average molecular weight is 385 g/mol. The number of primary amides is 1. The number of amides is 2. The van der Waals surface area contributed by atoms with Crippen molar-refractivity contribution >= 4 is 11.8 Å². The van der Waals surface area contributed by atoms with E-state index in [0.29, 0.717) is 30.3 Å². The molecule has 1 aromatic carbocycles. The van der Waals surface area contributed by atoms with E-state index in [-0.39, 0.29) is 18.9 Å². The number of aliphatic hydroxyl groups is 1. The van der Waals surface area contributed by atoms with Gasteiger partial charge in [0.05, 0.1) is 11.7 Å². The number of rotatable bonds is 3. The zero-order valence-electron chi connectivity index (χ0n) is 15.8. The minimum atomic E-state index is -0.792. The van der Waals surface area contributed by atoms with Gasteiger partial charge in [0.15, 0.2) is 11.5 Å². The van der Waals surface area contributed by atoms with Crippen LogP contribution in [0, 0.1) is 13.8 Å². The number of nitrogens with two attached hydrogens (primary N) is 1. The van der Waals surface area contributed by atoms with Crippen LogP contribution in [0.2, 0.25) is 0 Å². The van der Waals surface area contributed by atoms with E-state index in [0.717, 1.165) is 17.1 Å².